The van der Waals surface area contributed by atoms with Gasteiger partial charge in [-0.3, -0.25) is 4.79 Å². The molecule has 4 aromatic rings. The third-order valence-corrected chi connectivity index (χ3v) is 5.96. The molecule has 1 saturated heterocycles. The highest BCUT2D eigenvalue weighted by atomic mass is 19.1. The number of amides is 1. The molecule has 1 aliphatic heterocycles. The molecule has 0 unspecified atom stereocenters. The van der Waals surface area contributed by atoms with Crippen molar-refractivity contribution < 1.29 is 23.4 Å². The van der Waals surface area contributed by atoms with Crippen molar-refractivity contribution in [1.82, 2.24) is 19.9 Å². The fourth-order valence-corrected chi connectivity index (χ4v) is 4.08. The number of hydrogen-bond acceptors (Lipinski definition) is 8. The first-order valence-electron chi connectivity index (χ1n) is 11.9. The second-order valence-corrected chi connectivity index (χ2v) is 8.59. The van der Waals surface area contributed by atoms with Gasteiger partial charge in [0.2, 0.25) is 5.95 Å². The first-order valence-corrected chi connectivity index (χ1v) is 11.9. The monoisotopic (exact) mass is 503 g/mol. The van der Waals surface area contributed by atoms with Gasteiger partial charge >= 0.3 is 0 Å². The molecule has 5 rings (SSSR count). The van der Waals surface area contributed by atoms with Gasteiger partial charge in [-0.1, -0.05) is 6.07 Å². The van der Waals surface area contributed by atoms with Crippen molar-refractivity contribution in [3.63, 3.8) is 0 Å². The van der Waals surface area contributed by atoms with Crippen LogP contribution < -0.4 is 14.8 Å². The zero-order valence-electron chi connectivity index (χ0n) is 20.5. The van der Waals surface area contributed by atoms with E-state index in [9.17, 15) is 9.18 Å². The second kappa shape index (κ2) is 10.8. The number of fused-ring (bicyclic) bond motifs is 1. The third-order valence-electron chi connectivity index (χ3n) is 5.96. The van der Waals surface area contributed by atoms with Crippen LogP contribution in [-0.2, 0) is 9.53 Å². The Kier molecular flexibility index (Phi) is 7.09. The first-order chi connectivity index (χ1) is 18.0. The van der Waals surface area contributed by atoms with Gasteiger partial charge < -0.3 is 24.4 Å². The average Bonchev–Trinajstić information content (AvgIpc) is 2.91. The summed E-state index contributed by atoms with van der Waals surface area (Å²) < 4.78 is 30.4. The molecule has 0 spiro atoms. The van der Waals surface area contributed by atoms with Crippen molar-refractivity contribution in [3.05, 3.63) is 72.6 Å². The predicted molar refractivity (Wildman–Crippen MR) is 136 cm³/mol. The van der Waals surface area contributed by atoms with E-state index >= 15 is 0 Å². The van der Waals surface area contributed by atoms with Gasteiger partial charge in [-0.15, -0.1) is 0 Å². The maximum Gasteiger partial charge on any atom is 0.263 e. The quantitative estimate of drug-likeness (QED) is 0.365. The maximum atomic E-state index is 13.1. The van der Waals surface area contributed by atoms with E-state index in [0.29, 0.717) is 60.3 Å². The number of nitrogens with zero attached hydrogens (tertiary/aromatic N) is 4. The smallest absolute Gasteiger partial charge is 0.263 e. The van der Waals surface area contributed by atoms with E-state index in [1.807, 2.05) is 37.3 Å². The van der Waals surface area contributed by atoms with Crippen molar-refractivity contribution in [1.29, 1.82) is 0 Å². The van der Waals surface area contributed by atoms with Crippen molar-refractivity contribution >= 4 is 28.3 Å². The molecule has 9 nitrogen and oxygen atoms in total. The van der Waals surface area contributed by atoms with Gasteiger partial charge in [-0.2, -0.15) is 4.39 Å². The summed E-state index contributed by atoms with van der Waals surface area (Å²) in [5.74, 6) is 1.45. The summed E-state index contributed by atoms with van der Waals surface area (Å²) >= 11 is 0. The number of benzene rings is 2. The van der Waals surface area contributed by atoms with Gasteiger partial charge in [-0.25, -0.2) is 15.0 Å². The van der Waals surface area contributed by atoms with Crippen LogP contribution in [0.1, 0.15) is 12.5 Å². The first kappa shape index (κ1) is 24.4. The molecular weight excluding hydrogens is 477 g/mol. The van der Waals surface area contributed by atoms with Crippen LogP contribution in [0.3, 0.4) is 0 Å². The standard InChI is InChI=1S/C27H26FN5O4/c1-17-14-19(6-8-22(17)37-20-7-9-24(28)29-15-20)32-26-25-21(30-16-31-26)4-3-5-23(25)36-18(2)27(34)33-10-12-35-13-11-33/h3-9,14-16,18H,10-13H2,1-2H3,(H,30,31,32)/t18-/m1/s1. The van der Waals surface area contributed by atoms with Gasteiger partial charge in [0.25, 0.3) is 5.91 Å². The highest BCUT2D eigenvalue weighted by Gasteiger charge is 2.25. The highest BCUT2D eigenvalue weighted by molar-refractivity contribution is 5.96. The van der Waals surface area contributed by atoms with Crippen LogP contribution in [0.4, 0.5) is 15.9 Å². The largest absolute Gasteiger partial charge is 0.480 e. The summed E-state index contributed by atoms with van der Waals surface area (Å²) in [4.78, 5) is 27.1. The molecule has 1 N–H and O–H groups in total. The number of aromatic nitrogens is 3. The minimum atomic E-state index is -0.684. The van der Waals surface area contributed by atoms with Crippen molar-refractivity contribution in [2.45, 2.75) is 20.0 Å². The Bertz CT molecular complexity index is 1400. The molecule has 1 fully saturated rings. The molecule has 1 amide bonds. The predicted octanol–water partition coefficient (Wildman–Crippen LogP) is 4.63. The summed E-state index contributed by atoms with van der Waals surface area (Å²) in [5, 5.41) is 4.00. The third kappa shape index (κ3) is 5.59. The van der Waals surface area contributed by atoms with E-state index in [4.69, 9.17) is 14.2 Å². The molecule has 2 aromatic carbocycles. The SMILES string of the molecule is Cc1cc(Nc2ncnc3cccc(O[C@H](C)C(=O)N4CCOCC4)c23)ccc1Oc1ccc(F)nc1. The van der Waals surface area contributed by atoms with E-state index in [1.165, 1.54) is 24.7 Å². The van der Waals surface area contributed by atoms with E-state index in [0.717, 1.165) is 11.3 Å². The number of hydrogen-bond donors (Lipinski definition) is 1. The van der Waals surface area contributed by atoms with Crippen LogP contribution in [0.15, 0.2) is 61.1 Å². The van der Waals surface area contributed by atoms with E-state index in [1.54, 1.807) is 17.9 Å². The lowest BCUT2D eigenvalue weighted by atomic mass is 10.1. The molecule has 10 heteroatoms. The normalized spacial score (nSPS) is 14.3. The molecule has 0 radical (unpaired) electrons. The van der Waals surface area contributed by atoms with Crippen molar-refractivity contribution in [3.8, 4) is 17.2 Å². The van der Waals surface area contributed by atoms with Crippen LogP contribution in [0.2, 0.25) is 0 Å². The zero-order chi connectivity index (χ0) is 25.8. The zero-order valence-corrected chi connectivity index (χ0v) is 20.5. The van der Waals surface area contributed by atoms with Gasteiger partial charge in [0.15, 0.2) is 6.10 Å². The molecule has 37 heavy (non-hydrogen) atoms. The Balaban J connectivity index is 1.37. The van der Waals surface area contributed by atoms with Crippen LogP contribution in [0.25, 0.3) is 10.9 Å². The number of carbonyl (C=O) groups excluding carboxylic acids is 1. The van der Waals surface area contributed by atoms with E-state index < -0.39 is 12.1 Å². The number of ether oxygens (including phenoxy) is 3. The van der Waals surface area contributed by atoms with Crippen LogP contribution in [-0.4, -0.2) is 58.2 Å². The molecule has 190 valence electrons. The molecule has 0 bridgehead atoms. The summed E-state index contributed by atoms with van der Waals surface area (Å²) in [6.45, 7) is 5.80. The molecular formula is C27H26FN5O4. The van der Waals surface area contributed by atoms with Gasteiger partial charge in [-0.05, 0) is 61.9 Å². The number of morpholine rings is 1. The number of anilines is 2. The fraction of sp³-hybridized carbons (Fsp3) is 0.259. The van der Waals surface area contributed by atoms with E-state index in [2.05, 4.69) is 20.3 Å². The maximum absolute atomic E-state index is 13.1. The van der Waals surface area contributed by atoms with Crippen molar-refractivity contribution in [2.75, 3.05) is 31.6 Å². The Morgan fingerprint density at radius 2 is 1.92 bits per heavy atom. The van der Waals surface area contributed by atoms with Gasteiger partial charge in [0.1, 0.15) is 29.4 Å². The summed E-state index contributed by atoms with van der Waals surface area (Å²) in [6.07, 6.45) is 2.12. The number of aryl methyl sites for hydroxylation is 1. The van der Waals surface area contributed by atoms with Crippen molar-refractivity contribution in [2.24, 2.45) is 0 Å². The number of halogens is 1. The topological polar surface area (TPSA) is 98.7 Å². The number of carbonyl (C=O) groups is 1. The molecule has 1 atom stereocenters. The molecule has 2 aromatic heterocycles. The minimum absolute atomic E-state index is 0.0887. The summed E-state index contributed by atoms with van der Waals surface area (Å²) in [5.41, 5.74) is 2.31. The Labute approximate surface area is 213 Å². The van der Waals surface area contributed by atoms with Crippen LogP contribution in [0.5, 0.6) is 17.2 Å². The minimum Gasteiger partial charge on any atom is -0.480 e. The Morgan fingerprint density at radius 1 is 1.08 bits per heavy atom. The number of rotatable bonds is 7. The average molecular weight is 504 g/mol. The molecule has 0 saturated carbocycles. The van der Waals surface area contributed by atoms with Gasteiger partial charge in [0, 0.05) is 18.8 Å². The Morgan fingerprint density at radius 3 is 2.68 bits per heavy atom. The van der Waals surface area contributed by atoms with Gasteiger partial charge in [0.05, 0.1) is 30.3 Å². The van der Waals surface area contributed by atoms with Crippen LogP contribution >= 0.6 is 0 Å². The summed E-state index contributed by atoms with van der Waals surface area (Å²) in [7, 11) is 0. The summed E-state index contributed by atoms with van der Waals surface area (Å²) in [6, 6.07) is 13.8. The molecule has 0 aliphatic carbocycles. The fourth-order valence-electron chi connectivity index (χ4n) is 4.08. The lowest BCUT2D eigenvalue weighted by Crippen LogP contribution is -2.46. The second-order valence-electron chi connectivity index (χ2n) is 8.59. The van der Waals surface area contributed by atoms with E-state index in [-0.39, 0.29) is 5.91 Å². The number of pyridine rings is 1. The lowest BCUT2D eigenvalue weighted by Gasteiger charge is -2.29. The highest BCUT2D eigenvalue weighted by Crippen LogP contribution is 2.34. The van der Waals surface area contributed by atoms with Crippen LogP contribution in [0, 0.1) is 12.9 Å². The Hall–Kier alpha value is -4.31. The number of nitrogens with one attached hydrogen (secondary N) is 1. The molecule has 1 aliphatic rings. The lowest BCUT2D eigenvalue weighted by molar-refractivity contribution is -0.142. The molecule has 3 heterocycles.